The van der Waals surface area contributed by atoms with Crippen molar-refractivity contribution >= 4 is 22.5 Å². The highest BCUT2D eigenvalue weighted by atomic mass is 16.1. The molecule has 1 aliphatic heterocycles. The molecule has 4 heteroatoms. The van der Waals surface area contributed by atoms with E-state index in [1.54, 1.807) is 0 Å². The number of carbonyl (C=O) groups excluding carboxylic acids is 1. The average Bonchev–Trinajstić information content (AvgIpc) is 2.63. The lowest BCUT2D eigenvalue weighted by molar-refractivity contribution is 0.101. The van der Waals surface area contributed by atoms with Gasteiger partial charge in [-0.2, -0.15) is 0 Å². The summed E-state index contributed by atoms with van der Waals surface area (Å²) in [6, 6.07) is 14.5. The molecule has 4 rings (SSSR count). The first-order valence-corrected chi connectivity index (χ1v) is 8.83. The number of benzene rings is 2. The second-order valence-corrected chi connectivity index (χ2v) is 6.66. The van der Waals surface area contributed by atoms with Crippen molar-refractivity contribution in [1.82, 2.24) is 9.97 Å². The zero-order valence-electron chi connectivity index (χ0n) is 14.4. The third kappa shape index (κ3) is 3.25. The van der Waals surface area contributed by atoms with Gasteiger partial charge in [-0.1, -0.05) is 42.0 Å². The van der Waals surface area contributed by atoms with Crippen molar-refractivity contribution in [2.75, 3.05) is 11.9 Å². The van der Waals surface area contributed by atoms with Crippen LogP contribution in [0.3, 0.4) is 0 Å². The van der Waals surface area contributed by atoms with Crippen LogP contribution in [0.2, 0.25) is 0 Å². The Morgan fingerprint density at radius 3 is 2.64 bits per heavy atom. The standard InChI is InChI=1S/C21H21N3O/c1-14-9-11-15(12-10-14)5-2-3-8-19-23-17-7-4-6-16-18(25)13-22-21(24-19)20(16)17/h4,6-7,9-12H,2-3,5,8,13H2,1H3,(H,22,23,24). The third-order valence-electron chi connectivity index (χ3n) is 4.72. The number of hydrogen-bond acceptors (Lipinski definition) is 4. The molecule has 1 aliphatic rings. The Morgan fingerprint density at radius 2 is 1.80 bits per heavy atom. The molecule has 3 aromatic rings. The topological polar surface area (TPSA) is 54.9 Å². The first-order valence-electron chi connectivity index (χ1n) is 8.83. The number of Topliss-reactive ketones (excluding diaryl/α,β-unsaturated/α-hetero) is 1. The summed E-state index contributed by atoms with van der Waals surface area (Å²) in [4.78, 5) is 21.3. The summed E-state index contributed by atoms with van der Waals surface area (Å²) in [6.45, 7) is 2.43. The van der Waals surface area contributed by atoms with Gasteiger partial charge in [0, 0.05) is 12.0 Å². The number of aromatic nitrogens is 2. The molecule has 1 aromatic heterocycles. The summed E-state index contributed by atoms with van der Waals surface area (Å²) < 4.78 is 0. The monoisotopic (exact) mass is 331 g/mol. The minimum Gasteiger partial charge on any atom is -0.362 e. The van der Waals surface area contributed by atoms with Crippen LogP contribution in [0.15, 0.2) is 42.5 Å². The van der Waals surface area contributed by atoms with Crippen LogP contribution in [-0.4, -0.2) is 22.3 Å². The van der Waals surface area contributed by atoms with E-state index in [1.807, 2.05) is 18.2 Å². The molecule has 2 heterocycles. The predicted molar refractivity (Wildman–Crippen MR) is 100 cm³/mol. The lowest BCUT2D eigenvalue weighted by Crippen LogP contribution is -2.21. The Hall–Kier alpha value is -2.75. The van der Waals surface area contributed by atoms with Crippen molar-refractivity contribution in [2.45, 2.75) is 32.6 Å². The maximum absolute atomic E-state index is 12.0. The number of nitrogens with zero attached hydrogens (tertiary/aromatic N) is 2. The van der Waals surface area contributed by atoms with Gasteiger partial charge in [-0.05, 0) is 37.8 Å². The molecule has 0 spiro atoms. The van der Waals surface area contributed by atoms with E-state index < -0.39 is 0 Å². The van der Waals surface area contributed by atoms with Gasteiger partial charge in [-0.15, -0.1) is 0 Å². The summed E-state index contributed by atoms with van der Waals surface area (Å²) in [6.07, 6.45) is 4.11. The van der Waals surface area contributed by atoms with Gasteiger partial charge in [0.2, 0.25) is 0 Å². The molecule has 0 saturated carbocycles. The second kappa shape index (κ2) is 6.63. The fraction of sp³-hybridized carbons (Fsp3) is 0.286. The molecule has 0 unspecified atom stereocenters. The normalized spacial score (nSPS) is 13.1. The number of anilines is 1. The van der Waals surface area contributed by atoms with E-state index in [-0.39, 0.29) is 5.78 Å². The van der Waals surface area contributed by atoms with E-state index in [4.69, 9.17) is 0 Å². The molecule has 1 N–H and O–H groups in total. The molecule has 4 nitrogen and oxygen atoms in total. The van der Waals surface area contributed by atoms with E-state index in [1.165, 1.54) is 11.1 Å². The van der Waals surface area contributed by atoms with Crippen LogP contribution in [0.1, 0.15) is 40.2 Å². The van der Waals surface area contributed by atoms with E-state index in [0.29, 0.717) is 6.54 Å². The highest BCUT2D eigenvalue weighted by Gasteiger charge is 2.20. The van der Waals surface area contributed by atoms with Gasteiger partial charge in [-0.25, -0.2) is 9.97 Å². The van der Waals surface area contributed by atoms with Crippen LogP contribution in [0.5, 0.6) is 0 Å². The van der Waals surface area contributed by atoms with Crippen molar-refractivity contribution < 1.29 is 4.79 Å². The van der Waals surface area contributed by atoms with Gasteiger partial charge in [0.25, 0.3) is 0 Å². The van der Waals surface area contributed by atoms with Crippen LogP contribution < -0.4 is 5.32 Å². The number of nitrogens with one attached hydrogen (secondary N) is 1. The molecule has 0 fully saturated rings. The number of aryl methyl sites for hydroxylation is 3. The SMILES string of the molecule is Cc1ccc(CCCCc2nc3c4c(cccc4n2)C(=O)CN3)cc1. The maximum Gasteiger partial charge on any atom is 0.182 e. The summed E-state index contributed by atoms with van der Waals surface area (Å²) in [7, 11) is 0. The zero-order chi connectivity index (χ0) is 17.2. The molecule has 0 bridgehead atoms. The summed E-state index contributed by atoms with van der Waals surface area (Å²) in [5.74, 6) is 1.76. The van der Waals surface area contributed by atoms with E-state index in [0.717, 1.165) is 53.8 Å². The molecular formula is C21H21N3O. The van der Waals surface area contributed by atoms with Crippen molar-refractivity contribution in [3.05, 3.63) is 65.0 Å². The maximum atomic E-state index is 12.0. The Morgan fingerprint density at radius 1 is 1.00 bits per heavy atom. The third-order valence-corrected chi connectivity index (χ3v) is 4.72. The quantitative estimate of drug-likeness (QED) is 0.715. The zero-order valence-corrected chi connectivity index (χ0v) is 14.4. The van der Waals surface area contributed by atoms with E-state index >= 15 is 0 Å². The summed E-state index contributed by atoms with van der Waals surface area (Å²) in [5, 5.41) is 4.00. The van der Waals surface area contributed by atoms with Crippen molar-refractivity contribution in [3.8, 4) is 0 Å². The van der Waals surface area contributed by atoms with Crippen LogP contribution in [0.4, 0.5) is 5.82 Å². The minimum absolute atomic E-state index is 0.104. The Balaban J connectivity index is 1.46. The van der Waals surface area contributed by atoms with Crippen LogP contribution in [0.25, 0.3) is 10.9 Å². The highest BCUT2D eigenvalue weighted by molar-refractivity contribution is 6.15. The average molecular weight is 331 g/mol. The van der Waals surface area contributed by atoms with Crippen molar-refractivity contribution in [2.24, 2.45) is 0 Å². The van der Waals surface area contributed by atoms with Crippen molar-refractivity contribution in [3.63, 3.8) is 0 Å². The van der Waals surface area contributed by atoms with Crippen molar-refractivity contribution in [1.29, 1.82) is 0 Å². The molecule has 0 amide bonds. The smallest absolute Gasteiger partial charge is 0.182 e. The van der Waals surface area contributed by atoms with E-state index in [9.17, 15) is 4.79 Å². The molecule has 0 aliphatic carbocycles. The summed E-state index contributed by atoms with van der Waals surface area (Å²) in [5.41, 5.74) is 4.27. The lowest BCUT2D eigenvalue weighted by atomic mass is 10.0. The van der Waals surface area contributed by atoms with Gasteiger partial charge in [0.1, 0.15) is 11.6 Å². The number of ketones is 1. The molecule has 0 atom stereocenters. The molecule has 0 saturated heterocycles. The fourth-order valence-electron chi connectivity index (χ4n) is 3.33. The lowest BCUT2D eigenvalue weighted by Gasteiger charge is -2.17. The minimum atomic E-state index is 0.104. The fourth-order valence-corrected chi connectivity index (χ4v) is 3.33. The Labute approximate surface area is 147 Å². The molecule has 126 valence electrons. The van der Waals surface area contributed by atoms with Gasteiger partial charge >= 0.3 is 0 Å². The molecule has 25 heavy (non-hydrogen) atoms. The Kier molecular flexibility index (Phi) is 4.18. The van der Waals surface area contributed by atoms with Gasteiger partial charge < -0.3 is 5.32 Å². The largest absolute Gasteiger partial charge is 0.362 e. The van der Waals surface area contributed by atoms with Crippen LogP contribution >= 0.6 is 0 Å². The van der Waals surface area contributed by atoms with Gasteiger partial charge in [0.15, 0.2) is 5.78 Å². The second-order valence-electron chi connectivity index (χ2n) is 6.66. The number of unbranched alkanes of at least 4 members (excludes halogenated alkanes) is 1. The van der Waals surface area contributed by atoms with Gasteiger partial charge in [-0.3, -0.25) is 4.79 Å². The summed E-state index contributed by atoms with van der Waals surface area (Å²) >= 11 is 0. The number of rotatable bonds is 5. The Bertz CT molecular complexity index is 932. The van der Waals surface area contributed by atoms with Crippen LogP contribution in [0, 0.1) is 6.92 Å². The number of carbonyl (C=O) groups is 1. The predicted octanol–water partition coefficient (Wildman–Crippen LogP) is 4.11. The highest BCUT2D eigenvalue weighted by Crippen LogP contribution is 2.28. The van der Waals surface area contributed by atoms with E-state index in [2.05, 4.69) is 46.5 Å². The van der Waals surface area contributed by atoms with Crippen LogP contribution in [-0.2, 0) is 12.8 Å². The molecule has 0 radical (unpaired) electrons. The first-order chi connectivity index (χ1) is 12.2. The molecular weight excluding hydrogens is 310 g/mol. The number of hydrogen-bond donors (Lipinski definition) is 1. The first kappa shape index (κ1) is 15.8. The van der Waals surface area contributed by atoms with Gasteiger partial charge in [0.05, 0.1) is 17.4 Å². The molecule has 2 aromatic carbocycles.